The van der Waals surface area contributed by atoms with E-state index in [9.17, 15) is 9.59 Å². The molecule has 6 nitrogen and oxygen atoms in total. The third-order valence-electron chi connectivity index (χ3n) is 4.68. The molecule has 0 bridgehead atoms. The fourth-order valence-electron chi connectivity index (χ4n) is 2.94. The van der Waals surface area contributed by atoms with Gasteiger partial charge in [0, 0.05) is 5.69 Å². The van der Waals surface area contributed by atoms with E-state index in [0.717, 1.165) is 5.56 Å². The van der Waals surface area contributed by atoms with Crippen LogP contribution in [0.5, 0.6) is 11.5 Å². The fourth-order valence-corrected chi connectivity index (χ4v) is 2.94. The Balaban J connectivity index is 1.41. The summed E-state index contributed by atoms with van der Waals surface area (Å²) in [5.41, 5.74) is 0.483. The zero-order valence-corrected chi connectivity index (χ0v) is 15.8. The second kappa shape index (κ2) is 7.67. The number of carbonyl (C=O) groups excluding carboxylic acids is 2. The van der Waals surface area contributed by atoms with Crippen LogP contribution in [-0.2, 0) is 16.2 Å². The Hall–Kier alpha value is -3.80. The van der Waals surface area contributed by atoms with Gasteiger partial charge >= 0.3 is 0 Å². The lowest BCUT2D eigenvalue weighted by molar-refractivity contribution is -0.143. The van der Waals surface area contributed by atoms with Gasteiger partial charge in [-0.2, -0.15) is 0 Å². The van der Waals surface area contributed by atoms with E-state index in [1.165, 1.54) is 6.92 Å². The van der Waals surface area contributed by atoms with Crippen molar-refractivity contribution in [2.45, 2.75) is 19.1 Å². The predicted octanol–water partition coefficient (Wildman–Crippen LogP) is 3.99. The number of anilines is 2. The largest absolute Gasteiger partial charge is 0.489 e. The van der Waals surface area contributed by atoms with Gasteiger partial charge in [0.25, 0.3) is 17.4 Å². The number of carbonyl (C=O) groups is 2. The first-order chi connectivity index (χ1) is 14.0. The summed E-state index contributed by atoms with van der Waals surface area (Å²) in [4.78, 5) is 25.2. The Bertz CT molecular complexity index is 1030. The molecule has 4 rings (SSSR count). The predicted molar refractivity (Wildman–Crippen MR) is 110 cm³/mol. The van der Waals surface area contributed by atoms with E-state index in [1.54, 1.807) is 48.5 Å². The van der Waals surface area contributed by atoms with Gasteiger partial charge in [0.15, 0.2) is 0 Å². The van der Waals surface area contributed by atoms with E-state index >= 15 is 0 Å². The molecule has 0 aromatic heterocycles. The van der Waals surface area contributed by atoms with Gasteiger partial charge in [-0.25, -0.2) is 0 Å². The van der Waals surface area contributed by atoms with Crippen LogP contribution >= 0.6 is 0 Å². The maximum absolute atomic E-state index is 12.8. The number of amides is 2. The van der Waals surface area contributed by atoms with Crippen LogP contribution in [0.4, 0.5) is 11.4 Å². The average Bonchev–Trinajstić information content (AvgIpc) is 2.75. The van der Waals surface area contributed by atoms with Crippen molar-refractivity contribution in [3.63, 3.8) is 0 Å². The number of benzene rings is 3. The van der Waals surface area contributed by atoms with E-state index in [0.29, 0.717) is 29.5 Å². The normalized spacial score (nSPS) is 17.5. The summed E-state index contributed by atoms with van der Waals surface area (Å²) < 4.78 is 11.5. The minimum atomic E-state index is -1.67. The van der Waals surface area contributed by atoms with E-state index < -0.39 is 17.4 Å². The summed E-state index contributed by atoms with van der Waals surface area (Å²) in [5, 5.41) is 5.45. The molecular formula is C23H20N2O4. The lowest BCUT2D eigenvalue weighted by Gasteiger charge is -2.33. The van der Waals surface area contributed by atoms with E-state index in [4.69, 9.17) is 9.47 Å². The molecule has 0 spiro atoms. The minimum absolute atomic E-state index is 0.453. The van der Waals surface area contributed by atoms with Crippen LogP contribution in [0, 0.1) is 0 Å². The molecule has 0 saturated heterocycles. The van der Waals surface area contributed by atoms with Gasteiger partial charge in [0.1, 0.15) is 18.1 Å². The third kappa shape index (κ3) is 3.91. The summed E-state index contributed by atoms with van der Waals surface area (Å²) in [6.45, 7) is 1.91. The number of rotatable bonds is 5. The van der Waals surface area contributed by atoms with E-state index in [2.05, 4.69) is 10.6 Å². The number of hydrogen-bond donors (Lipinski definition) is 2. The summed E-state index contributed by atoms with van der Waals surface area (Å²) in [6.07, 6.45) is 0. The average molecular weight is 388 g/mol. The molecule has 0 aliphatic carbocycles. The van der Waals surface area contributed by atoms with Crippen molar-refractivity contribution in [1.29, 1.82) is 0 Å². The summed E-state index contributed by atoms with van der Waals surface area (Å²) in [6, 6.07) is 23.8. The van der Waals surface area contributed by atoms with Gasteiger partial charge in [-0.3, -0.25) is 9.59 Å². The minimum Gasteiger partial charge on any atom is -0.489 e. The molecule has 29 heavy (non-hydrogen) atoms. The molecule has 0 fully saturated rings. The Labute approximate surface area is 168 Å². The highest BCUT2D eigenvalue weighted by Gasteiger charge is 2.47. The van der Waals surface area contributed by atoms with Gasteiger partial charge in [-0.05, 0) is 48.9 Å². The first-order valence-electron chi connectivity index (χ1n) is 9.22. The van der Waals surface area contributed by atoms with Crippen molar-refractivity contribution < 1.29 is 19.1 Å². The van der Waals surface area contributed by atoms with Gasteiger partial charge in [0.05, 0.1) is 5.69 Å². The van der Waals surface area contributed by atoms with Crippen LogP contribution in [0.2, 0.25) is 0 Å². The smallest absolute Gasteiger partial charge is 0.278 e. The maximum atomic E-state index is 12.8. The SMILES string of the molecule is CC1(C(=O)Nc2ccc(OCc3ccccc3)cc2)Oc2ccccc2NC1=O. The van der Waals surface area contributed by atoms with Crippen molar-refractivity contribution in [1.82, 2.24) is 0 Å². The Morgan fingerprint density at radius 1 is 1.00 bits per heavy atom. The molecule has 3 aromatic carbocycles. The van der Waals surface area contributed by atoms with Crippen molar-refractivity contribution in [3.8, 4) is 11.5 Å². The van der Waals surface area contributed by atoms with Gasteiger partial charge < -0.3 is 20.1 Å². The zero-order chi connectivity index (χ0) is 20.3. The fraction of sp³-hybridized carbons (Fsp3) is 0.130. The zero-order valence-electron chi connectivity index (χ0n) is 15.8. The molecule has 6 heteroatoms. The lowest BCUT2D eigenvalue weighted by Crippen LogP contribution is -2.56. The van der Waals surface area contributed by atoms with Crippen LogP contribution in [0.1, 0.15) is 12.5 Å². The Morgan fingerprint density at radius 2 is 1.69 bits per heavy atom. The molecule has 1 aliphatic heterocycles. The molecule has 1 unspecified atom stereocenters. The lowest BCUT2D eigenvalue weighted by atomic mass is 10.0. The number of para-hydroxylation sites is 2. The van der Waals surface area contributed by atoms with Crippen LogP contribution in [0.15, 0.2) is 78.9 Å². The molecule has 1 atom stereocenters. The Kier molecular flexibility index (Phi) is 4.91. The van der Waals surface area contributed by atoms with Gasteiger partial charge in [-0.15, -0.1) is 0 Å². The quantitative estimate of drug-likeness (QED) is 0.648. The van der Waals surface area contributed by atoms with Crippen LogP contribution in [-0.4, -0.2) is 17.4 Å². The summed E-state index contributed by atoms with van der Waals surface area (Å²) >= 11 is 0. The highest BCUT2D eigenvalue weighted by Crippen LogP contribution is 2.33. The molecular weight excluding hydrogens is 368 g/mol. The van der Waals surface area contributed by atoms with Crippen LogP contribution < -0.4 is 20.1 Å². The first kappa shape index (κ1) is 18.6. The molecule has 146 valence electrons. The molecule has 0 saturated carbocycles. The number of ether oxygens (including phenoxy) is 2. The van der Waals surface area contributed by atoms with Gasteiger partial charge in [0.2, 0.25) is 0 Å². The standard InChI is InChI=1S/C23H20N2O4/c1-23(22(27)25-19-9-5-6-10-20(19)29-23)21(26)24-17-11-13-18(14-12-17)28-15-16-7-3-2-4-8-16/h2-14H,15H2,1H3,(H,24,26)(H,25,27). The van der Waals surface area contributed by atoms with Crippen molar-refractivity contribution in [3.05, 3.63) is 84.4 Å². The monoisotopic (exact) mass is 388 g/mol. The van der Waals surface area contributed by atoms with Gasteiger partial charge in [-0.1, -0.05) is 42.5 Å². The second-order valence-corrected chi connectivity index (χ2v) is 6.84. The number of fused-ring (bicyclic) bond motifs is 1. The first-order valence-corrected chi connectivity index (χ1v) is 9.22. The molecule has 3 aromatic rings. The molecule has 2 N–H and O–H groups in total. The van der Waals surface area contributed by atoms with Crippen molar-refractivity contribution in [2.75, 3.05) is 10.6 Å². The van der Waals surface area contributed by atoms with Crippen LogP contribution in [0.25, 0.3) is 0 Å². The molecule has 0 radical (unpaired) electrons. The number of nitrogens with one attached hydrogen (secondary N) is 2. The highest BCUT2D eigenvalue weighted by atomic mass is 16.5. The van der Waals surface area contributed by atoms with Crippen molar-refractivity contribution in [2.24, 2.45) is 0 Å². The molecule has 1 aliphatic rings. The molecule has 2 amide bonds. The topological polar surface area (TPSA) is 76.7 Å². The van der Waals surface area contributed by atoms with E-state index in [-0.39, 0.29) is 0 Å². The molecule has 1 heterocycles. The summed E-state index contributed by atoms with van der Waals surface area (Å²) in [5.74, 6) is 0.0621. The second-order valence-electron chi connectivity index (χ2n) is 6.84. The Morgan fingerprint density at radius 3 is 2.45 bits per heavy atom. The number of hydrogen-bond acceptors (Lipinski definition) is 4. The van der Waals surface area contributed by atoms with Crippen LogP contribution in [0.3, 0.4) is 0 Å². The maximum Gasteiger partial charge on any atom is 0.278 e. The highest BCUT2D eigenvalue weighted by molar-refractivity contribution is 6.19. The van der Waals surface area contributed by atoms with Crippen molar-refractivity contribution >= 4 is 23.2 Å². The third-order valence-corrected chi connectivity index (χ3v) is 4.68. The summed E-state index contributed by atoms with van der Waals surface area (Å²) in [7, 11) is 0. The van der Waals surface area contributed by atoms with E-state index in [1.807, 2.05) is 30.3 Å².